The number of benzene rings is 1. The molecule has 1 saturated heterocycles. The molecule has 1 aromatic heterocycles. The number of rotatable bonds is 6. The van der Waals surface area contributed by atoms with Crippen molar-refractivity contribution in [2.45, 2.75) is 32.7 Å². The van der Waals surface area contributed by atoms with Gasteiger partial charge in [0.15, 0.2) is 11.6 Å². The molecule has 138 valence electrons. The zero-order valence-corrected chi connectivity index (χ0v) is 15.2. The van der Waals surface area contributed by atoms with Crippen molar-refractivity contribution in [1.82, 2.24) is 19.4 Å². The van der Waals surface area contributed by atoms with Crippen LogP contribution in [0.5, 0.6) is 0 Å². The van der Waals surface area contributed by atoms with Crippen LogP contribution in [0.3, 0.4) is 0 Å². The van der Waals surface area contributed by atoms with E-state index in [9.17, 15) is 14.4 Å². The SMILES string of the molecule is CCCC(C(=O)n1c(C(C)=O)nc2ccccc21)N1CCN(C=O)CC1. The smallest absolute Gasteiger partial charge is 0.250 e. The minimum atomic E-state index is -0.329. The average molecular weight is 356 g/mol. The Kier molecular flexibility index (Phi) is 5.46. The molecule has 0 aliphatic carbocycles. The predicted molar refractivity (Wildman–Crippen MR) is 98.3 cm³/mol. The van der Waals surface area contributed by atoms with Crippen LogP contribution in [0.1, 0.15) is 42.1 Å². The maximum atomic E-state index is 13.4. The van der Waals surface area contributed by atoms with E-state index in [1.807, 2.05) is 31.2 Å². The Balaban J connectivity index is 1.97. The molecule has 1 amide bonds. The van der Waals surface area contributed by atoms with E-state index in [0.29, 0.717) is 43.6 Å². The lowest BCUT2D eigenvalue weighted by Gasteiger charge is -2.37. The van der Waals surface area contributed by atoms with Crippen LogP contribution in [0, 0.1) is 0 Å². The molecular formula is C19H24N4O3. The number of fused-ring (bicyclic) bond motifs is 1. The van der Waals surface area contributed by atoms with Crippen molar-refractivity contribution in [3.8, 4) is 0 Å². The van der Waals surface area contributed by atoms with Crippen molar-refractivity contribution in [1.29, 1.82) is 0 Å². The summed E-state index contributed by atoms with van der Waals surface area (Å²) in [6.45, 7) is 6.00. The van der Waals surface area contributed by atoms with Gasteiger partial charge in [-0.2, -0.15) is 0 Å². The molecular weight excluding hydrogens is 332 g/mol. The molecule has 7 nitrogen and oxygen atoms in total. The highest BCUT2D eigenvalue weighted by Crippen LogP contribution is 2.20. The topological polar surface area (TPSA) is 75.5 Å². The summed E-state index contributed by atoms with van der Waals surface area (Å²) in [6.07, 6.45) is 2.40. The fourth-order valence-corrected chi connectivity index (χ4v) is 3.52. The quantitative estimate of drug-likeness (QED) is 0.583. The van der Waals surface area contributed by atoms with Crippen molar-refractivity contribution in [2.24, 2.45) is 0 Å². The molecule has 1 unspecified atom stereocenters. The lowest BCUT2D eigenvalue weighted by Crippen LogP contribution is -2.53. The molecule has 0 saturated carbocycles. The van der Waals surface area contributed by atoms with E-state index in [4.69, 9.17) is 0 Å². The first-order chi connectivity index (χ1) is 12.6. The van der Waals surface area contributed by atoms with Crippen LogP contribution in [0.2, 0.25) is 0 Å². The fraction of sp³-hybridized carbons (Fsp3) is 0.474. The first kappa shape index (κ1) is 18.3. The molecule has 1 atom stereocenters. The summed E-state index contributed by atoms with van der Waals surface area (Å²) < 4.78 is 1.48. The summed E-state index contributed by atoms with van der Waals surface area (Å²) in [4.78, 5) is 44.7. The van der Waals surface area contributed by atoms with E-state index in [1.54, 1.807) is 4.90 Å². The Labute approximate surface area is 152 Å². The Morgan fingerprint density at radius 1 is 1.19 bits per heavy atom. The minimum Gasteiger partial charge on any atom is -0.343 e. The van der Waals surface area contributed by atoms with E-state index < -0.39 is 0 Å². The third-order valence-corrected chi connectivity index (χ3v) is 4.88. The third-order valence-electron chi connectivity index (χ3n) is 4.88. The number of carbonyl (C=O) groups excluding carboxylic acids is 3. The molecule has 0 radical (unpaired) electrons. The van der Waals surface area contributed by atoms with Gasteiger partial charge in [-0.05, 0) is 18.6 Å². The Morgan fingerprint density at radius 2 is 1.88 bits per heavy atom. The summed E-state index contributed by atoms with van der Waals surface area (Å²) in [5.74, 6) is -0.162. The summed E-state index contributed by atoms with van der Waals surface area (Å²) in [7, 11) is 0. The number of nitrogens with zero attached hydrogens (tertiary/aromatic N) is 4. The number of aromatic nitrogens is 2. The molecule has 7 heteroatoms. The number of Topliss-reactive ketones (excluding diaryl/α,β-unsaturated/α-hetero) is 1. The maximum absolute atomic E-state index is 13.4. The Bertz CT molecular complexity index is 821. The van der Waals surface area contributed by atoms with Gasteiger partial charge in [-0.25, -0.2) is 4.98 Å². The zero-order valence-electron chi connectivity index (χ0n) is 15.2. The number of hydrogen-bond acceptors (Lipinski definition) is 5. The summed E-state index contributed by atoms with van der Waals surface area (Å²) >= 11 is 0. The third kappa shape index (κ3) is 3.39. The van der Waals surface area contributed by atoms with Crippen LogP contribution in [-0.2, 0) is 4.79 Å². The molecule has 1 aliphatic rings. The second kappa shape index (κ2) is 7.78. The van der Waals surface area contributed by atoms with Crippen molar-refractivity contribution >= 4 is 29.1 Å². The van der Waals surface area contributed by atoms with E-state index in [2.05, 4.69) is 9.88 Å². The minimum absolute atomic E-state index is 0.120. The number of amides is 1. The fourth-order valence-electron chi connectivity index (χ4n) is 3.52. The first-order valence-electron chi connectivity index (χ1n) is 9.02. The number of ketones is 1. The molecule has 2 aromatic rings. The predicted octanol–water partition coefficient (Wildman–Crippen LogP) is 1.82. The lowest BCUT2D eigenvalue weighted by molar-refractivity contribution is -0.119. The second-order valence-corrected chi connectivity index (χ2v) is 6.64. The number of para-hydroxylation sites is 2. The number of hydrogen-bond donors (Lipinski definition) is 0. The van der Waals surface area contributed by atoms with Gasteiger partial charge in [0, 0.05) is 33.1 Å². The van der Waals surface area contributed by atoms with Crippen molar-refractivity contribution in [3.05, 3.63) is 30.1 Å². The molecule has 3 rings (SSSR count). The number of carbonyl (C=O) groups is 3. The number of imidazole rings is 1. The zero-order chi connectivity index (χ0) is 18.7. The Morgan fingerprint density at radius 3 is 2.50 bits per heavy atom. The molecule has 1 aliphatic heterocycles. The molecule has 26 heavy (non-hydrogen) atoms. The maximum Gasteiger partial charge on any atom is 0.250 e. The van der Waals surface area contributed by atoms with Crippen LogP contribution in [0.4, 0.5) is 0 Å². The molecule has 0 N–H and O–H groups in total. The largest absolute Gasteiger partial charge is 0.343 e. The van der Waals surface area contributed by atoms with E-state index in [-0.39, 0.29) is 23.6 Å². The van der Waals surface area contributed by atoms with Crippen LogP contribution < -0.4 is 0 Å². The molecule has 0 bridgehead atoms. The average Bonchev–Trinajstić information content (AvgIpc) is 3.05. The summed E-state index contributed by atoms with van der Waals surface area (Å²) in [5.41, 5.74) is 1.31. The van der Waals surface area contributed by atoms with Crippen LogP contribution >= 0.6 is 0 Å². The Hall–Kier alpha value is -2.54. The van der Waals surface area contributed by atoms with Gasteiger partial charge in [0.2, 0.25) is 12.3 Å². The molecule has 0 spiro atoms. The lowest BCUT2D eigenvalue weighted by atomic mass is 10.1. The molecule has 1 fully saturated rings. The van der Waals surface area contributed by atoms with Gasteiger partial charge < -0.3 is 4.90 Å². The monoisotopic (exact) mass is 356 g/mol. The van der Waals surface area contributed by atoms with Crippen molar-refractivity contribution in [3.63, 3.8) is 0 Å². The normalized spacial score (nSPS) is 16.6. The van der Waals surface area contributed by atoms with Gasteiger partial charge in [-0.1, -0.05) is 25.5 Å². The van der Waals surface area contributed by atoms with Gasteiger partial charge >= 0.3 is 0 Å². The van der Waals surface area contributed by atoms with Gasteiger partial charge in [0.05, 0.1) is 17.1 Å². The van der Waals surface area contributed by atoms with Crippen LogP contribution in [0.25, 0.3) is 11.0 Å². The first-order valence-corrected chi connectivity index (χ1v) is 9.02. The van der Waals surface area contributed by atoms with Crippen molar-refractivity contribution < 1.29 is 14.4 Å². The van der Waals surface area contributed by atoms with Crippen LogP contribution in [0.15, 0.2) is 24.3 Å². The molecule has 2 heterocycles. The molecule has 1 aromatic carbocycles. The van der Waals surface area contributed by atoms with Crippen LogP contribution in [-0.4, -0.2) is 69.7 Å². The highest BCUT2D eigenvalue weighted by Gasteiger charge is 2.32. The van der Waals surface area contributed by atoms with E-state index in [0.717, 1.165) is 12.8 Å². The van der Waals surface area contributed by atoms with E-state index >= 15 is 0 Å². The van der Waals surface area contributed by atoms with Crippen molar-refractivity contribution in [2.75, 3.05) is 26.2 Å². The van der Waals surface area contributed by atoms with Gasteiger partial charge in [-0.3, -0.25) is 23.9 Å². The second-order valence-electron chi connectivity index (χ2n) is 6.64. The van der Waals surface area contributed by atoms with Gasteiger partial charge in [-0.15, -0.1) is 0 Å². The van der Waals surface area contributed by atoms with Gasteiger partial charge in [0.25, 0.3) is 0 Å². The summed E-state index contributed by atoms with van der Waals surface area (Å²) in [6, 6.07) is 6.99. The summed E-state index contributed by atoms with van der Waals surface area (Å²) in [5, 5.41) is 0. The van der Waals surface area contributed by atoms with E-state index in [1.165, 1.54) is 11.5 Å². The standard InChI is InChI=1S/C19H24N4O3/c1-3-6-17(22-11-9-21(13-24)10-12-22)19(26)23-16-8-5-4-7-15(16)20-18(23)14(2)25/h4-5,7-8,13,17H,3,6,9-12H2,1-2H3. The van der Waals surface area contributed by atoms with Gasteiger partial charge in [0.1, 0.15) is 0 Å². The highest BCUT2D eigenvalue weighted by atomic mass is 16.2. The highest BCUT2D eigenvalue weighted by molar-refractivity contribution is 6.02. The number of piperazine rings is 1.